The molecule has 0 amide bonds. The number of fused-ring (bicyclic) bond motifs is 1. The quantitative estimate of drug-likeness (QED) is 0.435. The first kappa shape index (κ1) is 19.8. The van der Waals surface area contributed by atoms with Gasteiger partial charge >= 0.3 is 0 Å². The first-order chi connectivity index (χ1) is 14.1. The van der Waals surface area contributed by atoms with Crippen molar-refractivity contribution in [2.75, 3.05) is 16.8 Å². The fraction of sp³-hybridized carbons (Fsp3) is 0.286. The molecule has 4 N–H and O–H groups in total. The topological polar surface area (TPSA) is 96.1 Å². The summed E-state index contributed by atoms with van der Waals surface area (Å²) >= 11 is 8.00. The van der Waals surface area contributed by atoms with Gasteiger partial charge in [0.2, 0.25) is 0 Å². The number of hydrogen-bond acceptors (Lipinski definition) is 7. The van der Waals surface area contributed by atoms with Gasteiger partial charge in [0.25, 0.3) is 0 Å². The van der Waals surface area contributed by atoms with Crippen LogP contribution in [0.2, 0.25) is 5.02 Å². The lowest BCUT2D eigenvalue weighted by Gasteiger charge is -2.42. The highest BCUT2D eigenvalue weighted by Gasteiger charge is 2.41. The van der Waals surface area contributed by atoms with Gasteiger partial charge in [-0.1, -0.05) is 23.7 Å². The van der Waals surface area contributed by atoms with Crippen LogP contribution in [-0.2, 0) is 6.54 Å². The predicted octanol–water partition coefficient (Wildman–Crippen LogP) is 4.23. The van der Waals surface area contributed by atoms with Crippen molar-refractivity contribution in [2.45, 2.75) is 24.9 Å². The maximum Gasteiger partial charge on any atom is 0.142 e. The molecule has 2 aromatic rings. The maximum atomic E-state index is 9.56. The van der Waals surface area contributed by atoms with Gasteiger partial charge in [-0.15, -0.1) is 0 Å². The van der Waals surface area contributed by atoms with Crippen molar-refractivity contribution in [3.63, 3.8) is 0 Å². The van der Waals surface area contributed by atoms with Gasteiger partial charge in [-0.25, -0.2) is 10.4 Å². The molecular formula is C21H21ClN6S. The first-order valence-electron chi connectivity index (χ1n) is 9.41. The second kappa shape index (κ2) is 8.46. The molecule has 2 aliphatic rings. The molecule has 2 heterocycles. The number of nitrogens with zero attached hydrogens (tertiary/aromatic N) is 2. The minimum atomic E-state index is -0.355. The summed E-state index contributed by atoms with van der Waals surface area (Å²) in [6, 6.07) is 13.5. The van der Waals surface area contributed by atoms with E-state index in [0.717, 1.165) is 41.4 Å². The lowest BCUT2D eigenvalue weighted by atomic mass is 9.87. The van der Waals surface area contributed by atoms with Crippen LogP contribution in [0.1, 0.15) is 29.5 Å². The Morgan fingerprint density at radius 1 is 1.31 bits per heavy atom. The van der Waals surface area contributed by atoms with E-state index in [0.29, 0.717) is 28.4 Å². The lowest BCUT2D eigenvalue weighted by molar-refractivity contribution is 0.521. The van der Waals surface area contributed by atoms with Gasteiger partial charge < -0.3 is 16.2 Å². The van der Waals surface area contributed by atoms with Gasteiger partial charge in [0, 0.05) is 23.3 Å². The molecule has 148 valence electrons. The van der Waals surface area contributed by atoms with E-state index >= 15 is 0 Å². The zero-order valence-electron chi connectivity index (χ0n) is 15.8. The average molecular weight is 425 g/mol. The molecule has 2 aromatic carbocycles. The number of nitriles is 1. The fourth-order valence-corrected chi connectivity index (χ4v) is 5.09. The largest absolute Gasteiger partial charge is 0.370 e. The Morgan fingerprint density at radius 3 is 2.86 bits per heavy atom. The van der Waals surface area contributed by atoms with E-state index in [2.05, 4.69) is 22.2 Å². The van der Waals surface area contributed by atoms with Crippen LogP contribution < -0.4 is 16.2 Å². The maximum absolute atomic E-state index is 9.56. The van der Waals surface area contributed by atoms with Gasteiger partial charge in [0.05, 0.1) is 22.5 Å². The van der Waals surface area contributed by atoms with E-state index in [1.54, 1.807) is 12.1 Å². The van der Waals surface area contributed by atoms with Crippen LogP contribution in [0.4, 0.5) is 11.4 Å². The standard InChI is InChI=1S/C21H21ClN6S/c22-17-3-1-2-14(10-17)13-25-28-20-21(6-8-29-9-7-21)27-19-16(12-24)5-4-15(11-23)18(19)26-20/h1-5,10-11,23,25,27H,6-9,13H2,(H,26,28). The Kier molecular flexibility index (Phi) is 5.76. The number of benzene rings is 2. The Hall–Kier alpha value is -2.53. The molecule has 0 saturated carbocycles. The predicted molar refractivity (Wildman–Crippen MR) is 120 cm³/mol. The molecular weight excluding hydrogens is 404 g/mol. The van der Waals surface area contributed by atoms with E-state index in [4.69, 9.17) is 22.0 Å². The van der Waals surface area contributed by atoms with Crippen LogP contribution in [0.3, 0.4) is 0 Å². The number of amidine groups is 1. The molecule has 0 atom stereocenters. The third kappa shape index (κ3) is 3.97. The van der Waals surface area contributed by atoms with Crippen LogP contribution in [0.25, 0.3) is 0 Å². The third-order valence-electron chi connectivity index (χ3n) is 5.26. The molecule has 8 heteroatoms. The van der Waals surface area contributed by atoms with Crippen LogP contribution >= 0.6 is 23.4 Å². The smallest absolute Gasteiger partial charge is 0.142 e. The zero-order chi connectivity index (χ0) is 20.3. The minimum absolute atomic E-state index is 0.355. The molecule has 1 saturated heterocycles. The third-order valence-corrected chi connectivity index (χ3v) is 6.48. The molecule has 29 heavy (non-hydrogen) atoms. The summed E-state index contributed by atoms with van der Waals surface area (Å²) in [5.41, 5.74) is 9.87. The van der Waals surface area contributed by atoms with E-state index in [9.17, 15) is 5.26 Å². The van der Waals surface area contributed by atoms with Gasteiger partial charge in [-0.2, -0.15) is 17.0 Å². The molecule has 0 radical (unpaired) electrons. The number of halogens is 1. The van der Waals surface area contributed by atoms with E-state index < -0.39 is 0 Å². The van der Waals surface area contributed by atoms with E-state index in [-0.39, 0.29) is 5.54 Å². The lowest BCUT2D eigenvalue weighted by Crippen LogP contribution is -2.58. The van der Waals surface area contributed by atoms with Crippen molar-refractivity contribution in [2.24, 2.45) is 4.99 Å². The second-order valence-electron chi connectivity index (χ2n) is 7.07. The molecule has 1 spiro atoms. The van der Waals surface area contributed by atoms with Gasteiger partial charge in [0.1, 0.15) is 11.9 Å². The number of rotatable bonds is 4. The fourth-order valence-electron chi connectivity index (χ4n) is 3.69. The highest BCUT2D eigenvalue weighted by Crippen LogP contribution is 2.42. The molecule has 0 bridgehead atoms. The number of aliphatic imine (C=N–C) groups is 1. The highest BCUT2D eigenvalue weighted by atomic mass is 35.5. The molecule has 6 nitrogen and oxygen atoms in total. The molecule has 0 aliphatic carbocycles. The number of nitrogens with one attached hydrogen (secondary N) is 4. The van der Waals surface area contributed by atoms with Gasteiger partial charge in [0.15, 0.2) is 0 Å². The Bertz CT molecular complexity index is 1010. The molecule has 4 rings (SSSR count). The van der Waals surface area contributed by atoms with Crippen LogP contribution in [0, 0.1) is 16.7 Å². The van der Waals surface area contributed by atoms with Crippen molar-refractivity contribution < 1.29 is 0 Å². The summed E-state index contributed by atoms with van der Waals surface area (Å²) in [5, 5.41) is 21.6. The molecule has 0 unspecified atom stereocenters. The summed E-state index contributed by atoms with van der Waals surface area (Å²) in [7, 11) is 0. The van der Waals surface area contributed by atoms with Crippen molar-refractivity contribution in [1.82, 2.24) is 10.9 Å². The summed E-state index contributed by atoms with van der Waals surface area (Å²) in [6.45, 7) is 0.590. The van der Waals surface area contributed by atoms with Gasteiger partial charge in [-0.05, 0) is 54.2 Å². The van der Waals surface area contributed by atoms with Crippen LogP contribution in [0.5, 0.6) is 0 Å². The number of hydrazine groups is 1. The van der Waals surface area contributed by atoms with Crippen molar-refractivity contribution in [3.8, 4) is 6.07 Å². The Morgan fingerprint density at radius 2 is 2.14 bits per heavy atom. The van der Waals surface area contributed by atoms with Gasteiger partial charge in [-0.3, -0.25) is 0 Å². The van der Waals surface area contributed by atoms with Crippen LogP contribution in [-0.4, -0.2) is 29.1 Å². The number of hydrogen-bond donors (Lipinski definition) is 4. The SMILES string of the molecule is N#Cc1ccc(C=N)c2c1NC1(CCSCC1)C(NNCc1cccc(Cl)c1)=N2. The molecule has 1 fully saturated rings. The van der Waals surface area contributed by atoms with Crippen molar-refractivity contribution in [3.05, 3.63) is 58.1 Å². The van der Waals surface area contributed by atoms with E-state index in [1.807, 2.05) is 36.0 Å². The van der Waals surface area contributed by atoms with E-state index in [1.165, 1.54) is 6.21 Å². The Labute approximate surface area is 179 Å². The summed E-state index contributed by atoms with van der Waals surface area (Å²) in [4.78, 5) is 4.89. The van der Waals surface area contributed by atoms with Crippen molar-refractivity contribution in [1.29, 1.82) is 10.7 Å². The monoisotopic (exact) mass is 424 g/mol. The van der Waals surface area contributed by atoms with Crippen LogP contribution in [0.15, 0.2) is 41.4 Å². The second-order valence-corrected chi connectivity index (χ2v) is 8.73. The normalized spacial score (nSPS) is 16.9. The zero-order valence-corrected chi connectivity index (χ0v) is 17.3. The molecule has 0 aromatic heterocycles. The first-order valence-corrected chi connectivity index (χ1v) is 10.9. The Balaban J connectivity index is 1.66. The number of thioether (sulfide) groups is 1. The highest BCUT2D eigenvalue weighted by molar-refractivity contribution is 7.99. The summed E-state index contributed by atoms with van der Waals surface area (Å²) < 4.78 is 0. The summed E-state index contributed by atoms with van der Waals surface area (Å²) in [6.07, 6.45) is 3.08. The minimum Gasteiger partial charge on any atom is -0.370 e. The van der Waals surface area contributed by atoms with Crippen molar-refractivity contribution >= 4 is 46.8 Å². The number of anilines is 1. The summed E-state index contributed by atoms with van der Waals surface area (Å²) in [5.74, 6) is 2.83. The molecule has 2 aliphatic heterocycles. The average Bonchev–Trinajstić information content (AvgIpc) is 2.74.